The Kier molecular flexibility index (Phi) is 6.32. The molecule has 1 aromatic carbocycles. The Bertz CT molecular complexity index is 1320. The highest BCUT2D eigenvalue weighted by Gasteiger charge is 2.35. The van der Waals surface area contributed by atoms with Gasteiger partial charge in [0.05, 0.1) is 5.52 Å². The van der Waals surface area contributed by atoms with Crippen LogP contribution in [0.25, 0.3) is 16.6 Å². The van der Waals surface area contributed by atoms with E-state index in [1.807, 2.05) is 53.7 Å². The van der Waals surface area contributed by atoms with Crippen molar-refractivity contribution >= 4 is 29.0 Å². The minimum atomic E-state index is -0.584. The second-order valence-corrected chi connectivity index (χ2v) is 10.00. The number of para-hydroxylation sites is 1. The zero-order valence-electron chi connectivity index (χ0n) is 21.1. The summed E-state index contributed by atoms with van der Waals surface area (Å²) < 4.78 is 7.17. The lowest BCUT2D eigenvalue weighted by atomic mass is 9.98. The molecule has 1 aliphatic rings. The smallest absolute Gasteiger partial charge is 0.407 e. The van der Waals surface area contributed by atoms with Crippen LogP contribution in [0.2, 0.25) is 0 Å². The summed E-state index contributed by atoms with van der Waals surface area (Å²) in [6, 6.07) is 11.7. The third-order valence-electron chi connectivity index (χ3n) is 5.99. The molecular weight excluding hydrogens is 444 g/mol. The number of alkyl carbamates (subject to hydrolysis) is 1. The van der Waals surface area contributed by atoms with Gasteiger partial charge in [-0.3, -0.25) is 9.59 Å². The van der Waals surface area contributed by atoms with Crippen molar-refractivity contribution in [2.75, 3.05) is 32.1 Å². The number of amides is 2. The number of rotatable bonds is 6. The molecule has 0 atom stereocenters. The summed E-state index contributed by atoms with van der Waals surface area (Å²) in [4.78, 5) is 41.4. The van der Waals surface area contributed by atoms with Gasteiger partial charge in [0.2, 0.25) is 0 Å². The van der Waals surface area contributed by atoms with E-state index in [1.54, 1.807) is 44.9 Å². The van der Waals surface area contributed by atoms with Crippen molar-refractivity contribution in [1.29, 1.82) is 0 Å². The van der Waals surface area contributed by atoms with Crippen molar-refractivity contribution in [3.05, 3.63) is 59.4 Å². The number of Topliss-reactive ketones (excluding diaryl/α,β-unsaturated/α-hetero) is 1. The molecule has 2 aromatic heterocycles. The highest BCUT2D eigenvalue weighted by atomic mass is 16.6. The van der Waals surface area contributed by atoms with Crippen LogP contribution in [0.3, 0.4) is 0 Å². The quantitative estimate of drug-likeness (QED) is 0.535. The van der Waals surface area contributed by atoms with E-state index in [2.05, 4.69) is 5.32 Å². The van der Waals surface area contributed by atoms with E-state index in [4.69, 9.17) is 4.74 Å². The van der Waals surface area contributed by atoms with Crippen LogP contribution in [0.1, 0.15) is 54.1 Å². The molecule has 1 aliphatic heterocycles. The van der Waals surface area contributed by atoms with Gasteiger partial charge in [-0.25, -0.2) is 4.79 Å². The molecule has 184 valence electrons. The van der Waals surface area contributed by atoms with Crippen LogP contribution in [-0.2, 0) is 11.3 Å². The number of ether oxygens (including phenoxy) is 1. The van der Waals surface area contributed by atoms with Gasteiger partial charge >= 0.3 is 6.09 Å². The van der Waals surface area contributed by atoms with E-state index in [0.717, 1.165) is 27.9 Å². The number of hydrogen-bond acceptors (Lipinski definition) is 5. The van der Waals surface area contributed by atoms with E-state index in [1.165, 1.54) is 0 Å². The number of benzene rings is 1. The molecule has 35 heavy (non-hydrogen) atoms. The van der Waals surface area contributed by atoms with Crippen molar-refractivity contribution < 1.29 is 19.1 Å². The average molecular weight is 477 g/mol. The maximum atomic E-state index is 13.5. The molecule has 1 N–H and O–H groups in total. The zero-order valence-corrected chi connectivity index (χ0v) is 21.1. The van der Waals surface area contributed by atoms with Gasteiger partial charge in [0.1, 0.15) is 11.3 Å². The summed E-state index contributed by atoms with van der Waals surface area (Å²) in [5.41, 5.74) is 5.33. The van der Waals surface area contributed by atoms with E-state index in [9.17, 15) is 14.4 Å². The summed E-state index contributed by atoms with van der Waals surface area (Å²) in [7, 11) is 3.97. The Morgan fingerprint density at radius 3 is 2.51 bits per heavy atom. The van der Waals surface area contributed by atoms with E-state index in [-0.39, 0.29) is 18.2 Å². The molecule has 3 heterocycles. The van der Waals surface area contributed by atoms with E-state index < -0.39 is 11.7 Å². The highest BCUT2D eigenvalue weighted by Crippen LogP contribution is 2.42. The fourth-order valence-corrected chi connectivity index (χ4v) is 4.49. The molecule has 0 fully saturated rings. The van der Waals surface area contributed by atoms with E-state index >= 15 is 0 Å². The van der Waals surface area contributed by atoms with Crippen LogP contribution < -0.4 is 10.2 Å². The molecule has 0 bridgehead atoms. The fraction of sp³-hybridized carbons (Fsp3) is 0.370. The summed E-state index contributed by atoms with van der Waals surface area (Å²) in [6.07, 6.45) is 1.29. The van der Waals surface area contributed by atoms with Gasteiger partial charge in [0.15, 0.2) is 5.78 Å². The summed E-state index contributed by atoms with van der Waals surface area (Å²) in [5, 5.41) is 2.73. The number of nitrogens with zero attached hydrogens (tertiary/aromatic N) is 3. The third-order valence-corrected chi connectivity index (χ3v) is 5.99. The molecule has 3 aromatic rings. The lowest BCUT2D eigenvalue weighted by molar-refractivity contribution is 0.0514. The second kappa shape index (κ2) is 9.09. The minimum absolute atomic E-state index is 0.0260. The van der Waals surface area contributed by atoms with E-state index in [0.29, 0.717) is 24.3 Å². The van der Waals surface area contributed by atoms with Gasteiger partial charge in [0.25, 0.3) is 5.91 Å². The van der Waals surface area contributed by atoms with Crippen LogP contribution in [0.5, 0.6) is 0 Å². The Morgan fingerprint density at radius 1 is 1.14 bits per heavy atom. The van der Waals surface area contributed by atoms with Crippen molar-refractivity contribution in [3.63, 3.8) is 0 Å². The molecule has 0 unspecified atom stereocenters. The first-order valence-corrected chi connectivity index (χ1v) is 11.7. The van der Waals surface area contributed by atoms with Crippen LogP contribution in [0.15, 0.2) is 42.6 Å². The third kappa shape index (κ3) is 4.73. The van der Waals surface area contributed by atoms with Gasteiger partial charge in [0, 0.05) is 67.9 Å². The first kappa shape index (κ1) is 24.3. The van der Waals surface area contributed by atoms with Crippen molar-refractivity contribution in [2.45, 2.75) is 39.8 Å². The van der Waals surface area contributed by atoms with Crippen LogP contribution in [0, 0.1) is 0 Å². The molecular formula is C27H32N4O4. The minimum Gasteiger partial charge on any atom is -0.444 e. The molecule has 0 saturated carbocycles. The number of carbonyl (C=O) groups excluding carboxylic acids is 3. The first-order valence-electron chi connectivity index (χ1n) is 11.7. The molecule has 4 rings (SSSR count). The standard InChI is InChI=1S/C27H32N4O4/c1-17(32)18-11-13-31-22(15-18)23(19-9-7-8-10-21(19)29(5)6)20-16-30(25(33)24(20)31)14-12-28-26(34)35-27(2,3)4/h7-11,13,15H,12,14,16H2,1-6H3,(H,28,34). The monoisotopic (exact) mass is 476 g/mol. The van der Waals surface area contributed by atoms with Gasteiger partial charge in [-0.1, -0.05) is 18.2 Å². The predicted octanol–water partition coefficient (Wildman–Crippen LogP) is 4.36. The van der Waals surface area contributed by atoms with Gasteiger partial charge < -0.3 is 24.3 Å². The average Bonchev–Trinajstić information content (AvgIpc) is 3.25. The molecule has 0 spiro atoms. The zero-order chi connectivity index (χ0) is 25.5. The lowest BCUT2D eigenvalue weighted by Crippen LogP contribution is -2.38. The topological polar surface area (TPSA) is 83.4 Å². The van der Waals surface area contributed by atoms with Crippen LogP contribution in [-0.4, -0.2) is 59.9 Å². The number of anilines is 1. The van der Waals surface area contributed by atoms with Crippen molar-refractivity contribution in [2.24, 2.45) is 0 Å². The van der Waals surface area contributed by atoms with Crippen LogP contribution in [0.4, 0.5) is 10.5 Å². The summed E-state index contributed by atoms with van der Waals surface area (Å²) in [6.45, 7) is 8.01. The van der Waals surface area contributed by atoms with Gasteiger partial charge in [-0.2, -0.15) is 0 Å². The molecule has 8 nitrogen and oxygen atoms in total. The molecule has 0 aliphatic carbocycles. The SMILES string of the molecule is CC(=O)c1ccn2c3c(c(-c4ccccc4N(C)C)c2c1)CN(CCNC(=O)OC(C)(C)C)C3=O. The Labute approximate surface area is 205 Å². The summed E-state index contributed by atoms with van der Waals surface area (Å²) >= 11 is 0. The number of aromatic nitrogens is 1. The Hall–Kier alpha value is -3.81. The number of fused-ring (bicyclic) bond motifs is 3. The fourth-order valence-electron chi connectivity index (χ4n) is 4.49. The van der Waals surface area contributed by atoms with Crippen LogP contribution >= 0.6 is 0 Å². The predicted molar refractivity (Wildman–Crippen MR) is 136 cm³/mol. The highest BCUT2D eigenvalue weighted by molar-refractivity contribution is 6.06. The summed E-state index contributed by atoms with van der Waals surface area (Å²) in [5.74, 6) is -0.132. The van der Waals surface area contributed by atoms with Crippen molar-refractivity contribution in [3.8, 4) is 11.1 Å². The molecule has 0 saturated heterocycles. The number of pyridine rings is 1. The number of carbonyl (C=O) groups is 3. The Balaban J connectivity index is 1.72. The van der Waals surface area contributed by atoms with Gasteiger partial charge in [-0.15, -0.1) is 0 Å². The maximum Gasteiger partial charge on any atom is 0.407 e. The number of nitrogens with one attached hydrogen (secondary N) is 1. The molecule has 0 radical (unpaired) electrons. The maximum absolute atomic E-state index is 13.5. The lowest BCUT2D eigenvalue weighted by Gasteiger charge is -2.21. The molecule has 8 heteroatoms. The first-order chi connectivity index (χ1) is 16.5. The molecule has 2 amide bonds. The second-order valence-electron chi connectivity index (χ2n) is 10.00. The number of hydrogen-bond donors (Lipinski definition) is 1. The van der Waals surface area contributed by atoms with Crippen molar-refractivity contribution in [1.82, 2.24) is 14.6 Å². The Morgan fingerprint density at radius 2 is 1.86 bits per heavy atom. The number of ketones is 1. The largest absolute Gasteiger partial charge is 0.444 e. The normalized spacial score (nSPS) is 13.2. The van der Waals surface area contributed by atoms with Gasteiger partial charge in [-0.05, 0) is 45.9 Å².